The van der Waals surface area contributed by atoms with E-state index in [1.165, 1.54) is 19.2 Å². The molecule has 0 bridgehead atoms. The van der Waals surface area contributed by atoms with Gasteiger partial charge in [0, 0.05) is 30.9 Å². The SMILES string of the molecule is CN(C(=O)c1ccc([N+](=O)[O-])cc1Cl)c1ccc(-n2nc(C(F)(F)F)cc2C(F)(F)F)cc1. The lowest BCUT2D eigenvalue weighted by Gasteiger charge is -2.19. The summed E-state index contributed by atoms with van der Waals surface area (Å²) in [6.45, 7) is 0. The molecule has 0 saturated carbocycles. The normalized spacial score (nSPS) is 12.0. The van der Waals surface area contributed by atoms with Crippen molar-refractivity contribution in [2.75, 3.05) is 11.9 Å². The summed E-state index contributed by atoms with van der Waals surface area (Å²) < 4.78 is 78.4. The molecule has 14 heteroatoms. The van der Waals surface area contributed by atoms with Crippen molar-refractivity contribution in [2.24, 2.45) is 0 Å². The minimum atomic E-state index is -5.10. The summed E-state index contributed by atoms with van der Waals surface area (Å²) in [4.78, 5) is 23.8. The average Bonchev–Trinajstić information content (AvgIpc) is 3.19. The predicted molar refractivity (Wildman–Crippen MR) is 104 cm³/mol. The maximum atomic E-state index is 13.2. The van der Waals surface area contributed by atoms with Crippen molar-refractivity contribution in [2.45, 2.75) is 12.4 Å². The Morgan fingerprint density at radius 1 is 1.03 bits per heavy atom. The van der Waals surface area contributed by atoms with E-state index >= 15 is 0 Å². The number of benzene rings is 2. The van der Waals surface area contributed by atoms with Crippen molar-refractivity contribution >= 4 is 28.9 Å². The molecule has 1 amide bonds. The Morgan fingerprint density at radius 3 is 2.12 bits per heavy atom. The van der Waals surface area contributed by atoms with Crippen LogP contribution in [0.3, 0.4) is 0 Å². The Bertz CT molecular complexity index is 1220. The number of hydrogen-bond acceptors (Lipinski definition) is 4. The van der Waals surface area contributed by atoms with Crippen molar-refractivity contribution in [3.8, 4) is 5.69 Å². The number of nitrogens with zero attached hydrogens (tertiary/aromatic N) is 4. The van der Waals surface area contributed by atoms with Crippen molar-refractivity contribution < 1.29 is 36.1 Å². The van der Waals surface area contributed by atoms with Gasteiger partial charge in [0.05, 0.1) is 21.2 Å². The highest BCUT2D eigenvalue weighted by molar-refractivity contribution is 6.34. The summed E-state index contributed by atoms with van der Waals surface area (Å²) in [5.41, 5.74) is -3.90. The van der Waals surface area contributed by atoms with Gasteiger partial charge in [0.25, 0.3) is 11.6 Å². The number of aromatic nitrogens is 2. The van der Waals surface area contributed by atoms with Crippen LogP contribution in [-0.4, -0.2) is 27.7 Å². The van der Waals surface area contributed by atoms with Gasteiger partial charge in [0.2, 0.25) is 0 Å². The zero-order valence-corrected chi connectivity index (χ0v) is 17.0. The standard InChI is InChI=1S/C19H11ClF6N4O3/c1-28(17(31)13-7-6-12(30(32)33)8-14(13)20)10-2-4-11(5-3-10)29-16(19(24,25)26)9-15(27-29)18(21,22)23/h2-9H,1H3. The van der Waals surface area contributed by atoms with Gasteiger partial charge in [-0.1, -0.05) is 11.6 Å². The first-order valence-corrected chi connectivity index (χ1v) is 9.15. The van der Waals surface area contributed by atoms with Gasteiger partial charge in [-0.05, 0) is 30.3 Å². The Balaban J connectivity index is 1.93. The van der Waals surface area contributed by atoms with Crippen molar-refractivity contribution in [1.82, 2.24) is 9.78 Å². The molecular formula is C19H11ClF6N4O3. The first-order chi connectivity index (χ1) is 15.2. The summed E-state index contributed by atoms with van der Waals surface area (Å²) in [5, 5.41) is 13.6. The van der Waals surface area contributed by atoms with E-state index in [-0.39, 0.29) is 38.4 Å². The highest BCUT2D eigenvalue weighted by Gasteiger charge is 2.42. The predicted octanol–water partition coefficient (Wildman–Crippen LogP) is 5.75. The first-order valence-electron chi connectivity index (χ1n) is 8.77. The number of halogens is 7. The molecule has 0 aliphatic rings. The molecule has 0 aliphatic carbocycles. The molecule has 3 aromatic rings. The van der Waals surface area contributed by atoms with E-state index in [0.717, 1.165) is 35.2 Å². The molecular weight excluding hydrogens is 482 g/mol. The van der Waals surface area contributed by atoms with E-state index in [4.69, 9.17) is 11.6 Å². The number of nitro groups is 1. The molecule has 33 heavy (non-hydrogen) atoms. The zero-order chi connectivity index (χ0) is 24.7. The molecule has 0 saturated heterocycles. The molecule has 0 unspecified atom stereocenters. The fraction of sp³-hybridized carbons (Fsp3) is 0.158. The van der Waals surface area contributed by atoms with Gasteiger partial charge < -0.3 is 4.90 Å². The van der Waals surface area contributed by atoms with Crippen molar-refractivity contribution in [3.05, 3.63) is 80.6 Å². The lowest BCUT2D eigenvalue weighted by atomic mass is 10.1. The summed E-state index contributed by atoms with van der Waals surface area (Å²) >= 11 is 5.94. The molecule has 1 heterocycles. The Labute approximate surface area is 185 Å². The average molecular weight is 493 g/mol. The lowest BCUT2D eigenvalue weighted by molar-refractivity contribution is -0.384. The molecule has 0 atom stereocenters. The zero-order valence-electron chi connectivity index (χ0n) is 16.3. The van der Waals surface area contributed by atoms with Gasteiger partial charge in [0.1, 0.15) is 5.69 Å². The van der Waals surface area contributed by atoms with E-state index in [1.807, 2.05) is 0 Å². The smallest absolute Gasteiger partial charge is 0.311 e. The van der Waals surface area contributed by atoms with Crippen LogP contribution < -0.4 is 4.90 Å². The number of rotatable bonds is 4. The van der Waals surface area contributed by atoms with Crippen LogP contribution in [0.4, 0.5) is 37.7 Å². The lowest BCUT2D eigenvalue weighted by Crippen LogP contribution is -2.26. The molecule has 3 rings (SSSR count). The molecule has 0 N–H and O–H groups in total. The molecule has 7 nitrogen and oxygen atoms in total. The highest BCUT2D eigenvalue weighted by Crippen LogP contribution is 2.36. The van der Waals surface area contributed by atoms with Crippen LogP contribution in [-0.2, 0) is 12.4 Å². The topological polar surface area (TPSA) is 81.3 Å². The van der Waals surface area contributed by atoms with E-state index in [2.05, 4.69) is 5.10 Å². The summed E-state index contributed by atoms with van der Waals surface area (Å²) in [5.74, 6) is -0.683. The first kappa shape index (κ1) is 24.0. The molecule has 0 aliphatic heterocycles. The van der Waals surface area contributed by atoms with Crippen LogP contribution in [0.1, 0.15) is 21.7 Å². The third kappa shape index (κ3) is 4.92. The number of alkyl halides is 6. The maximum Gasteiger partial charge on any atom is 0.435 e. The van der Waals surface area contributed by atoms with E-state index in [0.29, 0.717) is 0 Å². The van der Waals surface area contributed by atoms with Crippen LogP contribution in [0.25, 0.3) is 5.69 Å². The molecule has 174 valence electrons. The van der Waals surface area contributed by atoms with Crippen LogP contribution in [0.15, 0.2) is 48.5 Å². The van der Waals surface area contributed by atoms with Gasteiger partial charge in [-0.2, -0.15) is 31.4 Å². The second kappa shape index (κ2) is 8.39. The monoisotopic (exact) mass is 492 g/mol. The van der Waals surface area contributed by atoms with Gasteiger partial charge in [-0.3, -0.25) is 14.9 Å². The van der Waals surface area contributed by atoms with Crippen LogP contribution in [0.2, 0.25) is 5.02 Å². The number of nitro benzene ring substituents is 1. The number of carbonyl (C=O) groups excluding carboxylic acids is 1. The van der Waals surface area contributed by atoms with Gasteiger partial charge in [0.15, 0.2) is 5.69 Å². The minimum Gasteiger partial charge on any atom is -0.311 e. The number of hydrogen-bond donors (Lipinski definition) is 0. The molecule has 0 spiro atoms. The molecule has 0 radical (unpaired) electrons. The van der Waals surface area contributed by atoms with Crippen LogP contribution in [0.5, 0.6) is 0 Å². The van der Waals surface area contributed by atoms with Gasteiger partial charge in [-0.15, -0.1) is 0 Å². The Kier molecular flexibility index (Phi) is 6.11. The van der Waals surface area contributed by atoms with Gasteiger partial charge >= 0.3 is 12.4 Å². The maximum absolute atomic E-state index is 13.2. The second-order valence-electron chi connectivity index (χ2n) is 6.62. The largest absolute Gasteiger partial charge is 0.435 e. The van der Waals surface area contributed by atoms with Gasteiger partial charge in [-0.25, -0.2) is 4.68 Å². The Morgan fingerprint density at radius 2 is 1.64 bits per heavy atom. The van der Waals surface area contributed by atoms with Crippen LogP contribution >= 0.6 is 11.6 Å². The highest BCUT2D eigenvalue weighted by atomic mass is 35.5. The number of anilines is 1. The number of non-ortho nitro benzene ring substituents is 1. The van der Waals surface area contributed by atoms with Crippen molar-refractivity contribution in [1.29, 1.82) is 0 Å². The molecule has 1 aromatic heterocycles. The summed E-state index contributed by atoms with van der Waals surface area (Å²) in [6, 6.07) is 7.61. The summed E-state index contributed by atoms with van der Waals surface area (Å²) in [6.07, 6.45) is -10.2. The van der Waals surface area contributed by atoms with Crippen molar-refractivity contribution in [3.63, 3.8) is 0 Å². The molecule has 0 fully saturated rings. The minimum absolute atomic E-state index is 0.0740. The van der Waals surface area contributed by atoms with E-state index in [1.54, 1.807) is 0 Å². The Hall–Kier alpha value is -3.61. The summed E-state index contributed by atoms with van der Waals surface area (Å²) in [7, 11) is 1.31. The fourth-order valence-corrected chi connectivity index (χ4v) is 3.08. The quantitative estimate of drug-likeness (QED) is 0.264. The molecule has 2 aromatic carbocycles. The van der Waals surface area contributed by atoms with E-state index < -0.39 is 34.6 Å². The fourth-order valence-electron chi connectivity index (χ4n) is 2.82. The van der Waals surface area contributed by atoms with Crippen LogP contribution in [0, 0.1) is 10.1 Å². The third-order valence-electron chi connectivity index (χ3n) is 4.47. The van der Waals surface area contributed by atoms with E-state index in [9.17, 15) is 41.3 Å². The second-order valence-corrected chi connectivity index (χ2v) is 7.03. The number of amides is 1. The number of carbonyl (C=O) groups is 1. The third-order valence-corrected chi connectivity index (χ3v) is 4.78.